The third-order valence-corrected chi connectivity index (χ3v) is 6.93. The number of fused-ring (bicyclic) bond motifs is 1. The Balaban J connectivity index is 1.37. The summed E-state index contributed by atoms with van der Waals surface area (Å²) in [6.07, 6.45) is 0. The summed E-state index contributed by atoms with van der Waals surface area (Å²) in [4.78, 5) is 18.4. The molecule has 0 saturated heterocycles. The number of thiazole rings is 1. The number of benzene rings is 3. The number of aromatic nitrogens is 2. The zero-order valence-electron chi connectivity index (χ0n) is 15.9. The molecule has 0 bridgehead atoms. The standard InChI is InChI=1S/C22H15N3O4S2/c26-22-24-18-12-17(10-11-20(18)29-22)31(27,28)25-16-8-6-14(7-9-16)19-13-30-21(23-19)15-4-2-1-3-5-15/h1-13,25H,(H,24,26). The number of nitrogens with zero attached hydrogens (tertiary/aromatic N) is 1. The van der Waals surface area contributed by atoms with Crippen LogP contribution in [0.1, 0.15) is 0 Å². The van der Waals surface area contributed by atoms with E-state index < -0.39 is 15.8 Å². The highest BCUT2D eigenvalue weighted by Gasteiger charge is 2.16. The molecule has 7 nitrogen and oxygen atoms in total. The van der Waals surface area contributed by atoms with Crippen molar-refractivity contribution in [1.29, 1.82) is 0 Å². The zero-order valence-corrected chi connectivity index (χ0v) is 17.5. The van der Waals surface area contributed by atoms with Gasteiger partial charge < -0.3 is 4.42 Å². The SMILES string of the molecule is O=c1[nH]c2cc(S(=O)(=O)Nc3ccc(-c4csc(-c5ccccc5)n4)cc3)ccc2o1. The molecule has 0 unspecified atom stereocenters. The Morgan fingerprint density at radius 1 is 0.935 bits per heavy atom. The number of H-pyrrole nitrogens is 1. The first kappa shape index (κ1) is 19.3. The quantitative estimate of drug-likeness (QED) is 0.404. The Morgan fingerprint density at radius 3 is 2.48 bits per heavy atom. The molecule has 0 aliphatic carbocycles. The van der Waals surface area contributed by atoms with Crippen molar-refractivity contribution in [2.45, 2.75) is 4.90 Å². The van der Waals surface area contributed by atoms with Gasteiger partial charge in [-0.15, -0.1) is 11.3 Å². The first-order valence-electron chi connectivity index (χ1n) is 9.25. The molecule has 9 heteroatoms. The lowest BCUT2D eigenvalue weighted by Crippen LogP contribution is -2.12. The van der Waals surface area contributed by atoms with E-state index in [1.807, 2.05) is 47.8 Å². The van der Waals surface area contributed by atoms with Gasteiger partial charge in [0.15, 0.2) is 5.58 Å². The Labute approximate surface area is 181 Å². The van der Waals surface area contributed by atoms with Crippen molar-refractivity contribution in [3.8, 4) is 21.8 Å². The van der Waals surface area contributed by atoms with Crippen molar-refractivity contribution >= 4 is 38.1 Å². The maximum Gasteiger partial charge on any atom is 0.417 e. The number of anilines is 1. The van der Waals surface area contributed by atoms with Crippen molar-refractivity contribution in [1.82, 2.24) is 9.97 Å². The average Bonchev–Trinajstić information content (AvgIpc) is 3.40. The summed E-state index contributed by atoms with van der Waals surface area (Å²) in [6.45, 7) is 0. The van der Waals surface area contributed by atoms with E-state index in [1.165, 1.54) is 18.2 Å². The molecule has 2 heterocycles. The summed E-state index contributed by atoms with van der Waals surface area (Å²) in [6, 6.07) is 21.1. The van der Waals surface area contributed by atoms with Gasteiger partial charge in [0.2, 0.25) is 0 Å². The van der Waals surface area contributed by atoms with Crippen LogP contribution in [0.4, 0.5) is 5.69 Å². The molecule has 0 aliphatic rings. The third kappa shape index (κ3) is 3.88. The van der Waals surface area contributed by atoms with Crippen molar-refractivity contribution < 1.29 is 12.8 Å². The second kappa shape index (κ2) is 7.53. The molecular formula is C22H15N3O4S2. The number of rotatable bonds is 5. The number of hydrogen-bond donors (Lipinski definition) is 2. The van der Waals surface area contributed by atoms with Crippen molar-refractivity contribution in [2.24, 2.45) is 0 Å². The number of oxazole rings is 1. The van der Waals surface area contributed by atoms with Crippen LogP contribution >= 0.6 is 11.3 Å². The maximum absolute atomic E-state index is 12.7. The second-order valence-corrected chi connectivity index (χ2v) is 9.30. The Morgan fingerprint density at radius 2 is 1.71 bits per heavy atom. The van der Waals surface area contributed by atoms with Gasteiger partial charge in [-0.1, -0.05) is 42.5 Å². The van der Waals surface area contributed by atoms with Gasteiger partial charge >= 0.3 is 5.76 Å². The Hall–Kier alpha value is -3.69. The molecule has 5 aromatic rings. The summed E-state index contributed by atoms with van der Waals surface area (Å²) >= 11 is 1.56. The van der Waals surface area contributed by atoms with Crippen LogP contribution in [-0.2, 0) is 10.0 Å². The molecule has 0 spiro atoms. The molecule has 3 aromatic carbocycles. The van der Waals surface area contributed by atoms with Gasteiger partial charge in [0.25, 0.3) is 10.0 Å². The van der Waals surface area contributed by atoms with Crippen LogP contribution in [0.25, 0.3) is 32.9 Å². The highest BCUT2D eigenvalue weighted by molar-refractivity contribution is 7.92. The molecular weight excluding hydrogens is 434 g/mol. The largest absolute Gasteiger partial charge is 0.417 e. The Bertz CT molecular complexity index is 1530. The number of aromatic amines is 1. The summed E-state index contributed by atoms with van der Waals surface area (Å²) < 4.78 is 32.9. The molecule has 0 fully saturated rings. The van der Waals surface area contributed by atoms with Crippen LogP contribution in [0.3, 0.4) is 0 Å². The normalized spacial score (nSPS) is 11.6. The fourth-order valence-corrected chi connectivity index (χ4v) is 5.06. The molecule has 2 N–H and O–H groups in total. The van der Waals surface area contributed by atoms with Crippen molar-refractivity contribution in [3.63, 3.8) is 0 Å². The summed E-state index contributed by atoms with van der Waals surface area (Å²) in [5, 5.41) is 2.90. The highest BCUT2D eigenvalue weighted by atomic mass is 32.2. The second-order valence-electron chi connectivity index (χ2n) is 6.76. The highest BCUT2D eigenvalue weighted by Crippen LogP contribution is 2.29. The van der Waals surface area contributed by atoms with Gasteiger partial charge in [0.1, 0.15) is 5.01 Å². The van der Waals surface area contributed by atoms with Gasteiger partial charge in [0.05, 0.1) is 16.1 Å². The van der Waals surface area contributed by atoms with E-state index in [0.29, 0.717) is 16.8 Å². The molecule has 0 amide bonds. The topological polar surface area (TPSA) is 105 Å². The number of hydrogen-bond acceptors (Lipinski definition) is 6. The first-order valence-corrected chi connectivity index (χ1v) is 11.6. The molecule has 0 atom stereocenters. The lowest BCUT2D eigenvalue weighted by Gasteiger charge is -2.08. The Kier molecular flexibility index (Phi) is 4.68. The molecule has 0 radical (unpaired) electrons. The lowest BCUT2D eigenvalue weighted by molar-refractivity contribution is 0.555. The van der Waals surface area contributed by atoms with E-state index in [1.54, 1.807) is 23.5 Å². The molecule has 0 saturated carbocycles. The van der Waals surface area contributed by atoms with E-state index >= 15 is 0 Å². The predicted molar refractivity (Wildman–Crippen MR) is 121 cm³/mol. The molecule has 5 rings (SSSR count). The van der Waals surface area contributed by atoms with Crippen LogP contribution in [0, 0.1) is 0 Å². The smallest absolute Gasteiger partial charge is 0.408 e. The zero-order chi connectivity index (χ0) is 21.4. The van der Waals surface area contributed by atoms with Gasteiger partial charge in [-0.05, 0) is 30.3 Å². The van der Waals surface area contributed by atoms with Gasteiger partial charge in [-0.3, -0.25) is 9.71 Å². The summed E-state index contributed by atoms with van der Waals surface area (Å²) in [5.41, 5.74) is 3.81. The fraction of sp³-hybridized carbons (Fsp3) is 0. The molecule has 0 aliphatic heterocycles. The molecule has 2 aromatic heterocycles. The van der Waals surface area contributed by atoms with Crippen LogP contribution in [-0.4, -0.2) is 18.4 Å². The van der Waals surface area contributed by atoms with Crippen LogP contribution in [0.2, 0.25) is 0 Å². The summed E-state index contributed by atoms with van der Waals surface area (Å²) in [5.74, 6) is -0.634. The summed E-state index contributed by atoms with van der Waals surface area (Å²) in [7, 11) is -3.83. The van der Waals surface area contributed by atoms with Gasteiger partial charge in [-0.2, -0.15) is 0 Å². The maximum atomic E-state index is 12.7. The minimum absolute atomic E-state index is 0.0214. The molecule has 154 valence electrons. The first-order chi connectivity index (χ1) is 15.0. The average molecular weight is 450 g/mol. The van der Waals surface area contributed by atoms with Crippen LogP contribution in [0.5, 0.6) is 0 Å². The van der Waals surface area contributed by atoms with Crippen molar-refractivity contribution in [3.05, 3.63) is 88.7 Å². The minimum Gasteiger partial charge on any atom is -0.408 e. The van der Waals surface area contributed by atoms with E-state index in [2.05, 4.69) is 14.7 Å². The number of sulfonamides is 1. The predicted octanol–water partition coefficient (Wildman–Crippen LogP) is 4.71. The minimum atomic E-state index is -3.83. The van der Waals surface area contributed by atoms with Crippen LogP contribution in [0.15, 0.2) is 92.3 Å². The molecule has 31 heavy (non-hydrogen) atoms. The van der Waals surface area contributed by atoms with E-state index in [4.69, 9.17) is 4.42 Å². The van der Waals surface area contributed by atoms with Crippen LogP contribution < -0.4 is 10.5 Å². The van der Waals surface area contributed by atoms with E-state index in [9.17, 15) is 13.2 Å². The van der Waals surface area contributed by atoms with Gasteiger partial charge in [0, 0.05) is 22.2 Å². The third-order valence-electron chi connectivity index (χ3n) is 4.66. The van der Waals surface area contributed by atoms with Gasteiger partial charge in [-0.25, -0.2) is 18.2 Å². The monoisotopic (exact) mass is 449 g/mol. The fourth-order valence-electron chi connectivity index (χ4n) is 3.14. The number of nitrogens with one attached hydrogen (secondary N) is 2. The van der Waals surface area contributed by atoms with E-state index in [-0.39, 0.29) is 4.90 Å². The lowest BCUT2D eigenvalue weighted by atomic mass is 10.1. The van der Waals surface area contributed by atoms with E-state index in [0.717, 1.165) is 21.8 Å². The van der Waals surface area contributed by atoms with Crippen molar-refractivity contribution in [2.75, 3.05) is 4.72 Å².